The van der Waals surface area contributed by atoms with Gasteiger partial charge in [0.05, 0.1) is 13.2 Å². The van der Waals surface area contributed by atoms with E-state index >= 15 is 0 Å². The maximum absolute atomic E-state index is 14.6. The minimum Gasteiger partial charge on any atom is -0.497 e. The van der Waals surface area contributed by atoms with E-state index < -0.39 is 6.04 Å². The van der Waals surface area contributed by atoms with Gasteiger partial charge in [0.2, 0.25) is 11.8 Å². The third-order valence-electron chi connectivity index (χ3n) is 6.90. The molecule has 5 nitrogen and oxygen atoms in total. The first-order valence-electron chi connectivity index (χ1n) is 13.3. The van der Waals surface area contributed by atoms with Gasteiger partial charge in [-0.2, -0.15) is 0 Å². The highest BCUT2D eigenvalue weighted by Gasteiger charge is 2.37. The molecule has 0 N–H and O–H groups in total. The summed E-state index contributed by atoms with van der Waals surface area (Å²) in [7, 11) is 1.62. The Hall–Kier alpha value is -3.93. The molecule has 204 valence electrons. The standard InChI is InChI=1S/C33H37FN2O3/c1-33(2,3)22-31(37)35-20-8-11-29(26-14-18-28(39-4)19-15-26)36(23-25-12-16-27(34)17-13-25)32(38)30(35)21-24-9-6-5-7-10-24/h5-19,29-30H,20-23H2,1-4H3/b11-8-/t29?,30-/m0/s1. The predicted molar refractivity (Wildman–Crippen MR) is 152 cm³/mol. The van der Waals surface area contributed by atoms with Crippen molar-refractivity contribution in [2.45, 2.75) is 52.2 Å². The van der Waals surface area contributed by atoms with Crippen molar-refractivity contribution in [1.29, 1.82) is 0 Å². The van der Waals surface area contributed by atoms with Crippen molar-refractivity contribution >= 4 is 11.8 Å². The quantitative estimate of drug-likeness (QED) is 0.336. The minimum atomic E-state index is -0.687. The van der Waals surface area contributed by atoms with Crippen LogP contribution in [0.4, 0.5) is 4.39 Å². The first-order valence-corrected chi connectivity index (χ1v) is 13.3. The fourth-order valence-electron chi connectivity index (χ4n) is 4.92. The SMILES string of the molecule is COc1ccc(C2/C=C\CN(C(=O)CC(C)(C)C)[C@@H](Cc3ccccc3)C(=O)N2Cc2ccc(F)cc2)cc1. The second-order valence-electron chi connectivity index (χ2n) is 11.2. The maximum Gasteiger partial charge on any atom is 0.246 e. The van der Waals surface area contributed by atoms with Crippen molar-refractivity contribution < 1.29 is 18.7 Å². The lowest BCUT2D eigenvalue weighted by Crippen LogP contribution is -2.54. The predicted octanol–water partition coefficient (Wildman–Crippen LogP) is 6.35. The molecule has 0 saturated heterocycles. The van der Waals surface area contributed by atoms with E-state index in [2.05, 4.69) is 0 Å². The van der Waals surface area contributed by atoms with Gasteiger partial charge in [-0.05, 0) is 46.4 Å². The average molecular weight is 529 g/mol. The molecular weight excluding hydrogens is 491 g/mol. The summed E-state index contributed by atoms with van der Waals surface area (Å²) >= 11 is 0. The molecule has 0 bridgehead atoms. The Kier molecular flexibility index (Phi) is 8.85. The number of halogens is 1. The van der Waals surface area contributed by atoms with Crippen LogP contribution < -0.4 is 4.74 Å². The van der Waals surface area contributed by atoms with E-state index in [1.54, 1.807) is 29.0 Å². The van der Waals surface area contributed by atoms with Crippen molar-refractivity contribution in [2.24, 2.45) is 5.41 Å². The van der Waals surface area contributed by atoms with Crippen LogP contribution in [-0.2, 0) is 22.6 Å². The van der Waals surface area contributed by atoms with Gasteiger partial charge in [0.25, 0.3) is 0 Å². The fourth-order valence-corrected chi connectivity index (χ4v) is 4.92. The van der Waals surface area contributed by atoms with Gasteiger partial charge in [-0.1, -0.05) is 87.5 Å². The maximum atomic E-state index is 14.6. The molecule has 0 saturated carbocycles. The summed E-state index contributed by atoms with van der Waals surface area (Å²) < 4.78 is 19.0. The van der Waals surface area contributed by atoms with Crippen LogP contribution in [0.15, 0.2) is 91.0 Å². The molecule has 0 spiro atoms. The van der Waals surface area contributed by atoms with Crippen molar-refractivity contribution in [1.82, 2.24) is 9.80 Å². The van der Waals surface area contributed by atoms with Crippen molar-refractivity contribution in [3.8, 4) is 5.75 Å². The summed E-state index contributed by atoms with van der Waals surface area (Å²) in [4.78, 5) is 31.7. The zero-order chi connectivity index (χ0) is 28.0. The highest BCUT2D eigenvalue weighted by Crippen LogP contribution is 2.31. The van der Waals surface area contributed by atoms with Gasteiger partial charge in [-0.25, -0.2) is 4.39 Å². The van der Waals surface area contributed by atoms with Crippen molar-refractivity contribution in [3.63, 3.8) is 0 Å². The van der Waals surface area contributed by atoms with Crippen LogP contribution in [0.1, 0.15) is 49.9 Å². The molecule has 39 heavy (non-hydrogen) atoms. The van der Waals surface area contributed by atoms with Gasteiger partial charge in [0.1, 0.15) is 17.6 Å². The van der Waals surface area contributed by atoms with Gasteiger partial charge in [-0.15, -0.1) is 0 Å². The van der Waals surface area contributed by atoms with Crippen LogP contribution >= 0.6 is 0 Å². The molecular formula is C33H37FN2O3. The molecule has 0 aromatic heterocycles. The Labute approximate surface area is 230 Å². The summed E-state index contributed by atoms with van der Waals surface area (Å²) in [6.07, 6.45) is 4.70. The fraction of sp³-hybridized carbons (Fsp3) is 0.333. The van der Waals surface area contributed by atoms with Crippen molar-refractivity contribution in [2.75, 3.05) is 13.7 Å². The lowest BCUT2D eigenvalue weighted by molar-refractivity contribution is -0.148. The molecule has 1 aliphatic heterocycles. The smallest absolute Gasteiger partial charge is 0.246 e. The molecule has 0 aliphatic carbocycles. The van der Waals surface area contributed by atoms with Crippen LogP contribution in [0.5, 0.6) is 5.75 Å². The lowest BCUT2D eigenvalue weighted by atomic mass is 9.90. The van der Waals surface area contributed by atoms with Gasteiger partial charge >= 0.3 is 0 Å². The summed E-state index contributed by atoms with van der Waals surface area (Å²) in [5.41, 5.74) is 2.50. The molecule has 1 unspecified atom stereocenters. The first kappa shape index (κ1) is 28.1. The summed E-state index contributed by atoms with van der Waals surface area (Å²) in [6.45, 7) is 6.69. The topological polar surface area (TPSA) is 49.9 Å². The Morgan fingerprint density at radius 3 is 2.23 bits per heavy atom. The molecule has 2 amide bonds. The zero-order valence-corrected chi connectivity index (χ0v) is 23.1. The van der Waals surface area contributed by atoms with Crippen molar-refractivity contribution in [3.05, 3.63) is 114 Å². The number of hydrogen-bond acceptors (Lipinski definition) is 3. The van der Waals surface area contributed by atoms with E-state index in [4.69, 9.17) is 4.74 Å². The minimum absolute atomic E-state index is 0.0499. The number of carbonyl (C=O) groups is 2. The summed E-state index contributed by atoms with van der Waals surface area (Å²) in [5.74, 6) is 0.206. The molecule has 1 aliphatic rings. The Bertz CT molecular complexity index is 1280. The number of amides is 2. The van der Waals surface area contributed by atoms with E-state index in [0.29, 0.717) is 19.4 Å². The summed E-state index contributed by atoms with van der Waals surface area (Å²) in [5, 5.41) is 0. The average Bonchev–Trinajstić information content (AvgIpc) is 2.91. The van der Waals surface area contributed by atoms with E-state index in [9.17, 15) is 14.0 Å². The van der Waals surface area contributed by atoms with Crippen LogP contribution in [0.3, 0.4) is 0 Å². The Balaban J connectivity index is 1.79. The third-order valence-corrected chi connectivity index (χ3v) is 6.90. The highest BCUT2D eigenvalue weighted by atomic mass is 19.1. The molecule has 4 rings (SSSR count). The van der Waals surface area contributed by atoms with Crippen LogP contribution in [0.2, 0.25) is 0 Å². The number of hydrogen-bond donors (Lipinski definition) is 0. The van der Waals surface area contributed by atoms with E-state index in [0.717, 1.165) is 22.4 Å². The van der Waals surface area contributed by atoms with Gasteiger partial charge in [0.15, 0.2) is 0 Å². The van der Waals surface area contributed by atoms with E-state index in [1.807, 2.05) is 87.5 Å². The number of rotatable bonds is 7. The van der Waals surface area contributed by atoms with Crippen LogP contribution in [0, 0.1) is 11.2 Å². The molecule has 6 heteroatoms. The number of benzene rings is 3. The first-order chi connectivity index (χ1) is 18.6. The number of ether oxygens (including phenoxy) is 1. The zero-order valence-electron chi connectivity index (χ0n) is 23.1. The number of nitrogens with zero attached hydrogens (tertiary/aromatic N) is 2. The van der Waals surface area contributed by atoms with Gasteiger partial charge < -0.3 is 14.5 Å². The molecule has 0 fully saturated rings. The number of carbonyl (C=O) groups excluding carboxylic acids is 2. The Morgan fingerprint density at radius 2 is 1.62 bits per heavy atom. The number of methoxy groups -OCH3 is 1. The largest absolute Gasteiger partial charge is 0.497 e. The van der Waals surface area contributed by atoms with Crippen LogP contribution in [0.25, 0.3) is 0 Å². The lowest BCUT2D eigenvalue weighted by Gasteiger charge is -2.40. The molecule has 1 heterocycles. The molecule has 0 radical (unpaired) electrons. The molecule has 2 atom stereocenters. The van der Waals surface area contributed by atoms with E-state index in [1.165, 1.54) is 12.1 Å². The van der Waals surface area contributed by atoms with E-state index in [-0.39, 0.29) is 35.6 Å². The summed E-state index contributed by atoms with van der Waals surface area (Å²) in [6, 6.07) is 22.6. The highest BCUT2D eigenvalue weighted by molar-refractivity contribution is 5.89. The molecule has 3 aromatic rings. The van der Waals surface area contributed by atoms with Gasteiger partial charge in [-0.3, -0.25) is 9.59 Å². The second kappa shape index (κ2) is 12.3. The third kappa shape index (κ3) is 7.34. The van der Waals surface area contributed by atoms with Crippen LogP contribution in [-0.4, -0.2) is 41.3 Å². The monoisotopic (exact) mass is 528 g/mol. The normalized spacial score (nSPS) is 18.8. The van der Waals surface area contributed by atoms with Gasteiger partial charge in [0, 0.05) is 25.9 Å². The second-order valence-corrected chi connectivity index (χ2v) is 11.2. The molecule has 3 aromatic carbocycles. The Morgan fingerprint density at radius 1 is 0.949 bits per heavy atom.